The highest BCUT2D eigenvalue weighted by Crippen LogP contribution is 2.53. The van der Waals surface area contributed by atoms with Crippen molar-refractivity contribution in [2.75, 3.05) is 50.8 Å². The van der Waals surface area contributed by atoms with Crippen LogP contribution in [0.5, 0.6) is 11.5 Å². The Morgan fingerprint density at radius 2 is 1.83 bits per heavy atom. The largest absolute Gasteiger partial charge is 0.455 e. The summed E-state index contributed by atoms with van der Waals surface area (Å²) in [5.74, 6) is 1.72. The molecule has 2 aromatic carbocycles. The number of piperazine rings is 1. The van der Waals surface area contributed by atoms with Crippen LogP contribution in [0.1, 0.15) is 73.0 Å². The Morgan fingerprint density at radius 3 is 2.59 bits per heavy atom. The molecule has 4 aromatic rings. The highest BCUT2D eigenvalue weighted by Gasteiger charge is 2.50. The fourth-order valence-electron chi connectivity index (χ4n) is 8.47. The molecule has 1 N–H and O–H groups in total. The number of carbonyl (C=O) groups is 1. The fourth-order valence-corrected chi connectivity index (χ4v) is 8.47. The van der Waals surface area contributed by atoms with Gasteiger partial charge in [0.2, 0.25) is 0 Å². The van der Waals surface area contributed by atoms with E-state index in [4.69, 9.17) is 9.47 Å². The molecule has 8 nitrogen and oxygen atoms in total. The minimum atomic E-state index is 0.432. The Labute approximate surface area is 271 Å². The number of aldehydes is 1. The Bertz CT molecular complexity index is 1700. The van der Waals surface area contributed by atoms with E-state index < -0.39 is 0 Å². The van der Waals surface area contributed by atoms with Crippen molar-refractivity contribution in [3.05, 3.63) is 83.7 Å². The second-order valence-electron chi connectivity index (χ2n) is 14.3. The number of aromatic amines is 1. The lowest BCUT2D eigenvalue weighted by Gasteiger charge is -2.59. The maximum absolute atomic E-state index is 11.9. The lowest BCUT2D eigenvalue weighted by molar-refractivity contribution is -0.110. The van der Waals surface area contributed by atoms with Crippen molar-refractivity contribution in [1.29, 1.82) is 0 Å². The van der Waals surface area contributed by atoms with Gasteiger partial charge in [-0.05, 0) is 72.4 Å². The second-order valence-corrected chi connectivity index (χ2v) is 14.3. The molecule has 1 spiro atoms. The van der Waals surface area contributed by atoms with Crippen LogP contribution in [0.25, 0.3) is 11.0 Å². The van der Waals surface area contributed by atoms with Crippen LogP contribution in [0.4, 0.5) is 5.69 Å². The zero-order valence-corrected chi connectivity index (χ0v) is 27.0. The normalized spacial score (nSPS) is 22.7. The van der Waals surface area contributed by atoms with Crippen molar-refractivity contribution in [1.82, 2.24) is 19.8 Å². The maximum Gasteiger partial charge on any atom is 0.153 e. The van der Waals surface area contributed by atoms with Crippen molar-refractivity contribution in [2.45, 2.75) is 63.6 Å². The van der Waals surface area contributed by atoms with Gasteiger partial charge in [-0.15, -0.1) is 0 Å². The van der Waals surface area contributed by atoms with Crippen LogP contribution in [0.3, 0.4) is 0 Å². The predicted molar refractivity (Wildman–Crippen MR) is 181 cm³/mol. The topological polar surface area (TPSA) is 73.9 Å². The number of anilines is 1. The first-order valence-electron chi connectivity index (χ1n) is 17.1. The quantitative estimate of drug-likeness (QED) is 0.218. The first-order valence-corrected chi connectivity index (χ1v) is 17.1. The molecule has 3 saturated heterocycles. The van der Waals surface area contributed by atoms with E-state index in [0.29, 0.717) is 46.5 Å². The molecule has 3 aliphatic heterocycles. The molecule has 0 unspecified atom stereocenters. The van der Waals surface area contributed by atoms with Crippen LogP contribution in [0, 0.1) is 5.41 Å². The van der Waals surface area contributed by atoms with Gasteiger partial charge in [0.1, 0.15) is 17.1 Å². The van der Waals surface area contributed by atoms with Crippen molar-refractivity contribution in [3.63, 3.8) is 0 Å². The molecule has 1 saturated carbocycles. The van der Waals surface area contributed by atoms with Crippen LogP contribution in [0.2, 0.25) is 0 Å². The molecule has 1 atom stereocenters. The lowest BCUT2D eigenvalue weighted by Crippen LogP contribution is -2.62. The SMILES string of the molecule is CC(C)c1ccccc1[C@H]1CN(C2COC2)CCN1C1CC2(CCN(c3ccc(C=O)c(Oc4cnc5[nH]ccc5c4)c3)CC2)C1. The van der Waals surface area contributed by atoms with Gasteiger partial charge in [0.25, 0.3) is 0 Å². The molecule has 1 aliphatic carbocycles. The summed E-state index contributed by atoms with van der Waals surface area (Å²) in [7, 11) is 0. The number of pyridine rings is 1. The molecule has 0 radical (unpaired) electrons. The van der Waals surface area contributed by atoms with E-state index in [0.717, 1.165) is 68.9 Å². The van der Waals surface area contributed by atoms with Crippen LogP contribution in [-0.4, -0.2) is 84.1 Å². The Morgan fingerprint density at radius 1 is 1.00 bits per heavy atom. The van der Waals surface area contributed by atoms with Gasteiger partial charge >= 0.3 is 0 Å². The number of nitrogens with zero attached hydrogens (tertiary/aromatic N) is 4. The second kappa shape index (κ2) is 12.1. The van der Waals surface area contributed by atoms with Crippen molar-refractivity contribution in [3.8, 4) is 11.5 Å². The molecule has 0 bridgehead atoms. The summed E-state index contributed by atoms with van der Waals surface area (Å²) in [6.07, 6.45) is 9.43. The number of fused-ring (bicyclic) bond motifs is 1. The summed E-state index contributed by atoms with van der Waals surface area (Å²) >= 11 is 0. The third-order valence-electron chi connectivity index (χ3n) is 11.3. The Hall–Kier alpha value is -3.72. The summed E-state index contributed by atoms with van der Waals surface area (Å²) in [5.41, 5.74) is 5.94. The standard InChI is InChI=1S/C38H45N5O3/c1-26(2)33-5-3-4-6-34(33)35-22-42(31-24-45-25-31)15-16-43(35)30-19-38(20-30)10-13-41(14-11-38)29-8-7-28(23-44)36(18-29)46-32-17-27-9-12-39-37(27)40-21-32/h3-9,12,17-18,21,23,26,30-31,35H,10-11,13-16,19-20,22,24-25H2,1-2H3,(H,39,40)/t35-/m1/s1. The minimum Gasteiger partial charge on any atom is -0.455 e. The van der Waals surface area contributed by atoms with Crippen LogP contribution in [0.15, 0.2) is 67.0 Å². The predicted octanol–water partition coefficient (Wildman–Crippen LogP) is 6.80. The lowest BCUT2D eigenvalue weighted by atomic mass is 9.59. The summed E-state index contributed by atoms with van der Waals surface area (Å²) in [6, 6.07) is 20.7. The van der Waals surface area contributed by atoms with E-state index >= 15 is 0 Å². The van der Waals surface area contributed by atoms with Crippen LogP contribution >= 0.6 is 0 Å². The number of H-pyrrole nitrogens is 1. The highest BCUT2D eigenvalue weighted by atomic mass is 16.5. The van der Waals surface area contributed by atoms with E-state index in [1.807, 2.05) is 30.5 Å². The van der Waals surface area contributed by atoms with Gasteiger partial charge in [0.15, 0.2) is 6.29 Å². The van der Waals surface area contributed by atoms with Gasteiger partial charge in [-0.2, -0.15) is 0 Å². The smallest absolute Gasteiger partial charge is 0.153 e. The van der Waals surface area contributed by atoms with Gasteiger partial charge < -0.3 is 19.4 Å². The number of piperidine rings is 1. The monoisotopic (exact) mass is 619 g/mol. The maximum atomic E-state index is 11.9. The van der Waals surface area contributed by atoms with Crippen molar-refractivity contribution >= 4 is 23.0 Å². The first-order chi connectivity index (χ1) is 22.5. The molecule has 240 valence electrons. The fraction of sp³-hybridized carbons (Fsp3) is 0.474. The molecule has 0 amide bonds. The third kappa shape index (κ3) is 5.50. The number of hydrogen-bond acceptors (Lipinski definition) is 7. The Kier molecular flexibility index (Phi) is 7.83. The molecule has 5 heterocycles. The molecule has 4 fully saturated rings. The van der Waals surface area contributed by atoms with Crippen molar-refractivity contribution < 1.29 is 14.3 Å². The summed E-state index contributed by atoms with van der Waals surface area (Å²) in [5, 5.41) is 0.978. The summed E-state index contributed by atoms with van der Waals surface area (Å²) in [6.45, 7) is 11.9. The number of nitrogens with one attached hydrogen (secondary N) is 1. The van der Waals surface area contributed by atoms with Gasteiger partial charge in [0.05, 0.1) is 31.0 Å². The van der Waals surface area contributed by atoms with Crippen LogP contribution in [-0.2, 0) is 4.74 Å². The molecule has 8 rings (SSSR count). The number of hydrogen-bond donors (Lipinski definition) is 1. The van der Waals surface area contributed by atoms with Gasteiger partial charge in [-0.1, -0.05) is 38.1 Å². The van der Waals surface area contributed by atoms with E-state index in [1.165, 1.54) is 36.8 Å². The van der Waals surface area contributed by atoms with E-state index in [2.05, 4.69) is 68.8 Å². The average molecular weight is 620 g/mol. The molecular formula is C38H45N5O3. The Balaban J connectivity index is 0.941. The van der Waals surface area contributed by atoms with E-state index in [9.17, 15) is 4.79 Å². The molecule has 46 heavy (non-hydrogen) atoms. The van der Waals surface area contributed by atoms with Crippen molar-refractivity contribution in [2.24, 2.45) is 5.41 Å². The number of rotatable bonds is 8. The highest BCUT2D eigenvalue weighted by molar-refractivity contribution is 5.81. The number of benzene rings is 2. The summed E-state index contributed by atoms with van der Waals surface area (Å²) < 4.78 is 11.8. The number of ether oxygens (including phenoxy) is 2. The first kappa shape index (κ1) is 29.7. The molecule has 2 aromatic heterocycles. The van der Waals surface area contributed by atoms with Gasteiger partial charge in [0, 0.05) is 68.1 Å². The van der Waals surface area contributed by atoms with Gasteiger partial charge in [-0.3, -0.25) is 14.6 Å². The average Bonchev–Trinajstić information content (AvgIpc) is 3.51. The van der Waals surface area contributed by atoms with E-state index in [1.54, 1.807) is 6.20 Å². The minimum absolute atomic E-state index is 0.432. The molecule has 4 aliphatic rings. The number of carbonyl (C=O) groups excluding carboxylic acids is 1. The van der Waals surface area contributed by atoms with Gasteiger partial charge in [-0.25, -0.2) is 4.98 Å². The van der Waals surface area contributed by atoms with E-state index in [-0.39, 0.29) is 0 Å². The summed E-state index contributed by atoms with van der Waals surface area (Å²) in [4.78, 5) is 27.5. The number of aromatic nitrogens is 2. The zero-order chi connectivity index (χ0) is 31.3. The third-order valence-corrected chi connectivity index (χ3v) is 11.3. The van der Waals surface area contributed by atoms with Crippen LogP contribution < -0.4 is 9.64 Å². The molecule has 8 heteroatoms. The zero-order valence-electron chi connectivity index (χ0n) is 27.0. The molecular weight excluding hydrogens is 574 g/mol.